The van der Waals surface area contributed by atoms with Gasteiger partial charge in [0.15, 0.2) is 5.82 Å². The van der Waals surface area contributed by atoms with Crippen molar-refractivity contribution < 1.29 is 13.9 Å². The molecule has 0 spiro atoms. The Morgan fingerprint density at radius 2 is 1.06 bits per heavy atom. The van der Waals surface area contributed by atoms with Crippen LogP contribution in [0.25, 0.3) is 0 Å². The summed E-state index contributed by atoms with van der Waals surface area (Å²) in [6.45, 7) is 0. The number of nitriles is 2. The number of benzene rings is 3. The van der Waals surface area contributed by atoms with Crippen molar-refractivity contribution in [2.45, 2.75) is 0 Å². The molecule has 3 aromatic rings. The molecule has 0 aliphatic rings. The Hall–Kier alpha value is -4.71. The minimum absolute atomic E-state index is 0.185. The summed E-state index contributed by atoms with van der Waals surface area (Å²) in [5, 5.41) is 18.0. The van der Waals surface area contributed by atoms with Gasteiger partial charge in [-0.1, -0.05) is 29.7 Å². The van der Waals surface area contributed by atoms with E-state index in [0.717, 1.165) is 0 Å². The van der Waals surface area contributed by atoms with Crippen molar-refractivity contribution in [2.24, 2.45) is 0 Å². The zero-order valence-electron chi connectivity index (χ0n) is 16.8. The second-order valence-corrected chi connectivity index (χ2v) is 6.22. The molecule has 0 N–H and O–H groups in total. The van der Waals surface area contributed by atoms with Crippen LogP contribution in [0, 0.1) is 52.2 Å². The van der Waals surface area contributed by atoms with Crippen LogP contribution < -0.4 is 9.47 Å². The van der Waals surface area contributed by atoms with Gasteiger partial charge in [-0.05, 0) is 48.5 Å². The Kier molecular flexibility index (Phi) is 6.55. The van der Waals surface area contributed by atoms with Gasteiger partial charge in [0.2, 0.25) is 0 Å². The first-order chi connectivity index (χ1) is 15.1. The third-order valence-corrected chi connectivity index (χ3v) is 4.32. The van der Waals surface area contributed by atoms with Gasteiger partial charge in [-0.2, -0.15) is 10.5 Å². The molecule has 0 amide bonds. The van der Waals surface area contributed by atoms with Crippen LogP contribution in [-0.4, -0.2) is 14.2 Å². The monoisotopic (exact) mass is 406 g/mol. The van der Waals surface area contributed by atoms with Crippen molar-refractivity contribution in [3.63, 3.8) is 0 Å². The zero-order valence-corrected chi connectivity index (χ0v) is 16.8. The summed E-state index contributed by atoms with van der Waals surface area (Å²) in [6, 6.07) is 18.6. The van der Waals surface area contributed by atoms with E-state index in [1.807, 2.05) is 12.1 Å². The second-order valence-electron chi connectivity index (χ2n) is 6.22. The summed E-state index contributed by atoms with van der Waals surface area (Å²) in [4.78, 5) is 0. The largest absolute Gasteiger partial charge is 0.495 e. The predicted molar refractivity (Wildman–Crippen MR) is 114 cm³/mol. The fourth-order valence-electron chi connectivity index (χ4n) is 2.72. The molecule has 148 valence electrons. The van der Waals surface area contributed by atoms with E-state index in [0.29, 0.717) is 33.8 Å². The number of hydrogen-bond donors (Lipinski definition) is 0. The number of halogens is 1. The SMILES string of the molecule is COc1cc(C#N)ccc1C#Cc1cccc(C#Cc2ccc(C#N)cc2OC)c1F. The average molecular weight is 406 g/mol. The van der Waals surface area contributed by atoms with Crippen LogP contribution in [0.3, 0.4) is 0 Å². The zero-order chi connectivity index (χ0) is 22.2. The van der Waals surface area contributed by atoms with E-state index in [2.05, 4.69) is 23.7 Å². The fraction of sp³-hybridized carbons (Fsp3) is 0.0769. The van der Waals surface area contributed by atoms with Gasteiger partial charge >= 0.3 is 0 Å². The highest BCUT2D eigenvalue weighted by Gasteiger charge is 2.06. The van der Waals surface area contributed by atoms with E-state index in [9.17, 15) is 4.39 Å². The minimum Gasteiger partial charge on any atom is -0.495 e. The normalized spacial score (nSPS) is 9.19. The van der Waals surface area contributed by atoms with Crippen LogP contribution in [0.15, 0.2) is 54.6 Å². The van der Waals surface area contributed by atoms with Crippen molar-refractivity contribution >= 4 is 0 Å². The number of rotatable bonds is 2. The molecule has 0 saturated carbocycles. The lowest BCUT2D eigenvalue weighted by molar-refractivity contribution is 0.413. The van der Waals surface area contributed by atoms with Gasteiger partial charge < -0.3 is 9.47 Å². The third kappa shape index (κ3) is 4.83. The first-order valence-corrected chi connectivity index (χ1v) is 9.08. The first-order valence-electron chi connectivity index (χ1n) is 9.08. The molecule has 0 radical (unpaired) electrons. The Balaban J connectivity index is 1.96. The Bertz CT molecular complexity index is 1250. The lowest BCUT2D eigenvalue weighted by atomic mass is 10.1. The first kappa shape index (κ1) is 21.0. The van der Waals surface area contributed by atoms with Crippen molar-refractivity contribution in [1.82, 2.24) is 0 Å². The lowest BCUT2D eigenvalue weighted by Crippen LogP contribution is -1.92. The van der Waals surface area contributed by atoms with Crippen molar-refractivity contribution in [3.8, 4) is 47.3 Å². The number of ether oxygens (including phenoxy) is 2. The Labute approximate surface area is 180 Å². The summed E-state index contributed by atoms with van der Waals surface area (Å²) in [5.74, 6) is 11.7. The Morgan fingerprint density at radius 1 is 0.645 bits per heavy atom. The molecule has 0 aromatic heterocycles. The molecule has 0 atom stereocenters. The Morgan fingerprint density at radius 3 is 1.45 bits per heavy atom. The molecule has 0 fully saturated rings. The van der Waals surface area contributed by atoms with E-state index >= 15 is 0 Å². The molecule has 0 bridgehead atoms. The van der Waals surface area contributed by atoms with Gasteiger partial charge in [-0.25, -0.2) is 4.39 Å². The van der Waals surface area contributed by atoms with Gasteiger partial charge in [0.05, 0.1) is 59.7 Å². The summed E-state index contributed by atoms with van der Waals surface area (Å²) in [7, 11) is 2.96. The molecule has 5 heteroatoms. The van der Waals surface area contributed by atoms with Crippen LogP contribution in [0.5, 0.6) is 11.5 Å². The van der Waals surface area contributed by atoms with Gasteiger partial charge in [-0.15, -0.1) is 0 Å². The van der Waals surface area contributed by atoms with Crippen LogP contribution in [0.2, 0.25) is 0 Å². The lowest BCUT2D eigenvalue weighted by Gasteiger charge is -2.03. The maximum Gasteiger partial charge on any atom is 0.154 e. The number of methoxy groups -OCH3 is 2. The molecule has 0 aliphatic carbocycles. The van der Waals surface area contributed by atoms with Crippen molar-refractivity contribution in [2.75, 3.05) is 14.2 Å². The molecule has 0 heterocycles. The van der Waals surface area contributed by atoms with E-state index in [4.69, 9.17) is 20.0 Å². The van der Waals surface area contributed by atoms with Gasteiger partial charge in [-0.3, -0.25) is 0 Å². The number of nitrogens with zero attached hydrogens (tertiary/aromatic N) is 2. The molecule has 3 rings (SSSR count). The van der Waals surface area contributed by atoms with Gasteiger partial charge in [0.1, 0.15) is 11.5 Å². The van der Waals surface area contributed by atoms with Crippen LogP contribution >= 0.6 is 0 Å². The molecule has 0 unspecified atom stereocenters. The fourth-order valence-corrected chi connectivity index (χ4v) is 2.72. The quantitative estimate of drug-likeness (QED) is 0.592. The van der Waals surface area contributed by atoms with E-state index < -0.39 is 5.82 Å². The van der Waals surface area contributed by atoms with Crippen molar-refractivity contribution in [1.29, 1.82) is 10.5 Å². The molecular formula is C26H15FN2O2. The van der Waals surface area contributed by atoms with Gasteiger partial charge in [0.25, 0.3) is 0 Å². The second kappa shape index (κ2) is 9.67. The average Bonchev–Trinajstić information content (AvgIpc) is 2.82. The highest BCUT2D eigenvalue weighted by Crippen LogP contribution is 2.21. The van der Waals surface area contributed by atoms with Crippen LogP contribution in [0.4, 0.5) is 4.39 Å². The van der Waals surface area contributed by atoms with Crippen LogP contribution in [-0.2, 0) is 0 Å². The van der Waals surface area contributed by atoms with E-state index in [-0.39, 0.29) is 11.1 Å². The van der Waals surface area contributed by atoms with Gasteiger partial charge in [0, 0.05) is 0 Å². The van der Waals surface area contributed by atoms with E-state index in [1.54, 1.807) is 54.6 Å². The predicted octanol–water partition coefficient (Wildman–Crippen LogP) is 4.39. The minimum atomic E-state index is -0.539. The highest BCUT2D eigenvalue weighted by atomic mass is 19.1. The molecule has 0 aliphatic heterocycles. The van der Waals surface area contributed by atoms with Crippen LogP contribution in [0.1, 0.15) is 33.4 Å². The third-order valence-electron chi connectivity index (χ3n) is 4.32. The summed E-state index contributed by atoms with van der Waals surface area (Å²) in [6.07, 6.45) is 0. The molecule has 0 saturated heterocycles. The molecule has 3 aromatic carbocycles. The molecule has 31 heavy (non-hydrogen) atoms. The van der Waals surface area contributed by atoms with Crippen molar-refractivity contribution in [3.05, 3.63) is 93.8 Å². The maximum absolute atomic E-state index is 14.9. The maximum atomic E-state index is 14.9. The topological polar surface area (TPSA) is 66.0 Å². The standard InChI is InChI=1S/C26H15FN2O2/c1-30-24-14-18(16-28)6-8-20(24)10-12-22-4-3-5-23(26(22)27)13-11-21-9-7-19(17-29)15-25(21)31-2/h3-9,14-15H,1-2H3. The summed E-state index contributed by atoms with van der Waals surface area (Å²) >= 11 is 0. The highest BCUT2D eigenvalue weighted by molar-refractivity contribution is 5.56. The smallest absolute Gasteiger partial charge is 0.154 e. The van der Waals surface area contributed by atoms with E-state index in [1.165, 1.54) is 14.2 Å². The molecular weight excluding hydrogens is 391 g/mol. The molecule has 4 nitrogen and oxygen atoms in total. The number of hydrogen-bond acceptors (Lipinski definition) is 4. The summed E-state index contributed by atoms with van der Waals surface area (Å²) in [5.41, 5.74) is 2.35. The summed E-state index contributed by atoms with van der Waals surface area (Å²) < 4.78 is 25.4.